The van der Waals surface area contributed by atoms with E-state index in [1.807, 2.05) is 25.9 Å². The van der Waals surface area contributed by atoms with Gasteiger partial charge in [-0.15, -0.1) is 0 Å². The molecule has 0 amide bonds. The van der Waals surface area contributed by atoms with Crippen LogP contribution < -0.4 is 10.5 Å². The predicted octanol–water partition coefficient (Wildman–Crippen LogP) is 1.40. The molecule has 3 N–H and O–H groups in total. The summed E-state index contributed by atoms with van der Waals surface area (Å²) in [7, 11) is -0.0251. The Morgan fingerprint density at radius 3 is 2.58 bits per heavy atom. The maximum absolute atomic E-state index is 13.2. The molecule has 1 aromatic rings. The van der Waals surface area contributed by atoms with Gasteiger partial charge in [-0.2, -0.15) is 0 Å². The Kier molecular flexibility index (Phi) is 5.31. The molecule has 0 spiro atoms. The normalized spacial score (nSPS) is 13.8. The summed E-state index contributed by atoms with van der Waals surface area (Å²) >= 11 is 3.03. The van der Waals surface area contributed by atoms with E-state index in [9.17, 15) is 12.8 Å². The van der Waals surface area contributed by atoms with Crippen LogP contribution in [0.1, 0.15) is 6.92 Å². The van der Waals surface area contributed by atoms with Crippen LogP contribution in [0.2, 0.25) is 0 Å². The first kappa shape index (κ1) is 16.4. The lowest BCUT2D eigenvalue weighted by molar-refractivity contribution is 0.314. The van der Waals surface area contributed by atoms with E-state index in [0.717, 1.165) is 12.1 Å². The van der Waals surface area contributed by atoms with Gasteiger partial charge in [0.15, 0.2) is 0 Å². The molecule has 0 saturated heterocycles. The number of nitrogen functional groups attached to an aromatic ring is 1. The van der Waals surface area contributed by atoms with Crippen LogP contribution in [0.25, 0.3) is 0 Å². The van der Waals surface area contributed by atoms with Gasteiger partial charge in [-0.25, -0.2) is 17.5 Å². The maximum atomic E-state index is 13.2. The van der Waals surface area contributed by atoms with Gasteiger partial charge in [-0.05, 0) is 49.1 Å². The molecule has 0 bridgehead atoms. The van der Waals surface area contributed by atoms with Gasteiger partial charge in [0.2, 0.25) is 10.0 Å². The van der Waals surface area contributed by atoms with Gasteiger partial charge in [0.05, 0.1) is 10.6 Å². The zero-order chi connectivity index (χ0) is 14.8. The number of benzene rings is 1. The van der Waals surface area contributed by atoms with Crippen molar-refractivity contribution in [2.24, 2.45) is 0 Å². The van der Waals surface area contributed by atoms with Gasteiger partial charge < -0.3 is 10.6 Å². The molecule has 1 unspecified atom stereocenters. The summed E-state index contributed by atoms with van der Waals surface area (Å²) in [6, 6.07) is 2.17. The molecule has 0 saturated carbocycles. The van der Waals surface area contributed by atoms with Crippen molar-refractivity contribution in [2.45, 2.75) is 17.9 Å². The van der Waals surface area contributed by atoms with E-state index in [2.05, 4.69) is 20.7 Å². The van der Waals surface area contributed by atoms with Crippen molar-refractivity contribution in [1.29, 1.82) is 0 Å². The van der Waals surface area contributed by atoms with Crippen LogP contribution in [0, 0.1) is 5.82 Å². The highest BCUT2D eigenvalue weighted by atomic mass is 79.9. The molecular weight excluding hydrogens is 337 g/mol. The van der Waals surface area contributed by atoms with Gasteiger partial charge in [-0.1, -0.05) is 0 Å². The number of likely N-dealkylation sites (N-methyl/N-ethyl adjacent to an activating group) is 1. The first-order valence-electron chi connectivity index (χ1n) is 5.55. The molecule has 0 heterocycles. The van der Waals surface area contributed by atoms with Crippen LogP contribution >= 0.6 is 15.9 Å². The van der Waals surface area contributed by atoms with Crippen LogP contribution in [-0.4, -0.2) is 40.0 Å². The number of nitrogens with zero attached hydrogens (tertiary/aromatic N) is 1. The van der Waals surface area contributed by atoms with E-state index < -0.39 is 15.8 Å². The highest BCUT2D eigenvalue weighted by molar-refractivity contribution is 9.10. The number of anilines is 1. The fourth-order valence-electron chi connectivity index (χ4n) is 1.24. The van der Waals surface area contributed by atoms with Crippen LogP contribution in [-0.2, 0) is 10.0 Å². The molecule has 0 aromatic heterocycles. The van der Waals surface area contributed by atoms with Crippen molar-refractivity contribution in [1.82, 2.24) is 9.62 Å². The van der Waals surface area contributed by atoms with Crippen LogP contribution in [0.4, 0.5) is 10.1 Å². The fourth-order valence-corrected chi connectivity index (χ4v) is 3.41. The van der Waals surface area contributed by atoms with Crippen molar-refractivity contribution >= 4 is 31.6 Å². The Balaban J connectivity index is 2.98. The van der Waals surface area contributed by atoms with E-state index in [0.29, 0.717) is 0 Å². The van der Waals surface area contributed by atoms with E-state index in [-0.39, 0.29) is 27.6 Å². The monoisotopic (exact) mass is 353 g/mol. The number of hydrogen-bond donors (Lipinski definition) is 2. The Hall–Kier alpha value is -0.700. The molecule has 0 aliphatic heterocycles. The molecule has 1 rings (SSSR count). The Bertz CT molecular complexity index is 563. The minimum Gasteiger partial charge on any atom is -0.396 e. The second-order valence-corrected chi connectivity index (χ2v) is 7.06. The number of halogens is 2. The Morgan fingerprint density at radius 1 is 1.47 bits per heavy atom. The van der Waals surface area contributed by atoms with Crippen molar-refractivity contribution in [3.8, 4) is 0 Å². The Morgan fingerprint density at radius 2 is 2.05 bits per heavy atom. The average molecular weight is 354 g/mol. The van der Waals surface area contributed by atoms with Gasteiger partial charge >= 0.3 is 0 Å². The molecule has 0 fully saturated rings. The first-order valence-corrected chi connectivity index (χ1v) is 7.83. The van der Waals surface area contributed by atoms with Gasteiger partial charge in [0.1, 0.15) is 5.82 Å². The van der Waals surface area contributed by atoms with Gasteiger partial charge in [0.25, 0.3) is 0 Å². The van der Waals surface area contributed by atoms with Crippen LogP contribution in [0.3, 0.4) is 0 Å². The summed E-state index contributed by atoms with van der Waals surface area (Å²) in [5, 5.41) is 0. The van der Waals surface area contributed by atoms with Gasteiger partial charge in [-0.3, -0.25) is 0 Å². The highest BCUT2D eigenvalue weighted by Crippen LogP contribution is 2.26. The van der Waals surface area contributed by atoms with Gasteiger partial charge in [0, 0.05) is 17.1 Å². The van der Waals surface area contributed by atoms with E-state index in [1.165, 1.54) is 0 Å². The SMILES string of the molecule is CC(CNS(=O)(=O)c1cc(N)c(F)cc1Br)N(C)C. The molecule has 0 aliphatic rings. The summed E-state index contributed by atoms with van der Waals surface area (Å²) in [6.07, 6.45) is 0. The lowest BCUT2D eigenvalue weighted by Gasteiger charge is -2.20. The number of nitrogens with one attached hydrogen (secondary N) is 1. The summed E-state index contributed by atoms with van der Waals surface area (Å²) in [4.78, 5) is 1.81. The number of hydrogen-bond acceptors (Lipinski definition) is 4. The van der Waals surface area contributed by atoms with Crippen LogP contribution in [0.5, 0.6) is 0 Å². The zero-order valence-corrected chi connectivity index (χ0v) is 13.3. The summed E-state index contributed by atoms with van der Waals surface area (Å²) in [6.45, 7) is 2.13. The van der Waals surface area contributed by atoms with Crippen molar-refractivity contribution in [2.75, 3.05) is 26.4 Å². The minimum atomic E-state index is -3.73. The highest BCUT2D eigenvalue weighted by Gasteiger charge is 2.20. The Labute approximate surface area is 121 Å². The van der Waals surface area contributed by atoms with E-state index in [1.54, 1.807) is 0 Å². The topological polar surface area (TPSA) is 75.4 Å². The molecule has 1 aromatic carbocycles. The smallest absolute Gasteiger partial charge is 0.241 e. The third kappa shape index (κ3) is 4.13. The molecular formula is C11H17BrFN3O2S. The van der Waals surface area contributed by atoms with Crippen molar-refractivity contribution in [3.63, 3.8) is 0 Å². The average Bonchev–Trinajstić information content (AvgIpc) is 2.30. The summed E-state index contributed by atoms with van der Waals surface area (Å²) in [5.74, 6) is -0.660. The quantitative estimate of drug-likeness (QED) is 0.784. The summed E-state index contributed by atoms with van der Waals surface area (Å²) in [5.41, 5.74) is 5.19. The van der Waals surface area contributed by atoms with E-state index in [4.69, 9.17) is 5.73 Å². The second-order valence-electron chi connectivity index (χ2n) is 4.47. The second kappa shape index (κ2) is 6.17. The summed E-state index contributed by atoms with van der Waals surface area (Å²) < 4.78 is 40.0. The third-order valence-corrected chi connectivity index (χ3v) is 5.17. The predicted molar refractivity (Wildman–Crippen MR) is 76.8 cm³/mol. The lowest BCUT2D eigenvalue weighted by atomic mass is 10.3. The van der Waals surface area contributed by atoms with Crippen molar-refractivity contribution < 1.29 is 12.8 Å². The molecule has 1 atom stereocenters. The molecule has 19 heavy (non-hydrogen) atoms. The van der Waals surface area contributed by atoms with Crippen molar-refractivity contribution in [3.05, 3.63) is 22.4 Å². The maximum Gasteiger partial charge on any atom is 0.241 e. The minimum absolute atomic E-state index is 0.0337. The molecule has 5 nitrogen and oxygen atoms in total. The van der Waals surface area contributed by atoms with E-state index >= 15 is 0 Å². The zero-order valence-electron chi connectivity index (χ0n) is 10.9. The van der Waals surface area contributed by atoms with Crippen LogP contribution in [0.15, 0.2) is 21.5 Å². The largest absolute Gasteiger partial charge is 0.396 e. The number of nitrogens with two attached hydrogens (primary N) is 1. The fraction of sp³-hybridized carbons (Fsp3) is 0.455. The standard InChI is InChI=1S/C11H17BrFN3O2S/c1-7(16(2)3)6-15-19(17,18)11-5-10(14)9(13)4-8(11)12/h4-5,7,15H,6,14H2,1-3H3. The number of rotatable bonds is 5. The lowest BCUT2D eigenvalue weighted by Crippen LogP contribution is -2.38. The molecule has 108 valence electrons. The molecule has 0 radical (unpaired) electrons. The molecule has 0 aliphatic carbocycles. The number of sulfonamides is 1. The molecule has 8 heteroatoms. The third-order valence-electron chi connectivity index (χ3n) is 2.79. The first-order chi connectivity index (χ1) is 8.65.